The molecule has 9 nitrogen and oxygen atoms in total. The molecule has 0 aliphatic carbocycles. The summed E-state index contributed by atoms with van der Waals surface area (Å²) in [5, 5.41) is 18.5. The lowest BCUT2D eigenvalue weighted by molar-refractivity contribution is 0.477. The smallest absolute Gasteiger partial charge is 0.151 e. The molecule has 0 saturated carbocycles. The molecule has 3 aliphatic rings. The molecular weight excluding hydrogens is 1800 g/mol. The zero-order valence-electron chi connectivity index (χ0n) is 75.7. The number of pyridine rings is 3. The second-order valence-electron chi connectivity index (χ2n) is 35.7. The van der Waals surface area contributed by atoms with Gasteiger partial charge in [-0.05, 0) is 169 Å². The van der Waals surface area contributed by atoms with E-state index < -0.39 is 0 Å². The predicted molar refractivity (Wildman–Crippen MR) is 607 cm³/mol. The van der Waals surface area contributed by atoms with E-state index in [1.165, 1.54) is 120 Å². The van der Waals surface area contributed by atoms with E-state index in [9.17, 15) is 0 Å². The first-order valence-electron chi connectivity index (χ1n) is 47.4. The molecule has 143 heavy (non-hydrogen) atoms. The van der Waals surface area contributed by atoms with Crippen LogP contribution in [0.25, 0.3) is 193 Å². The first-order valence-corrected chi connectivity index (χ1v) is 49.9. The number of fused-ring (bicyclic) bond motifs is 27. The minimum Gasteiger partial charge on any atom is -0.453 e. The Bertz CT molecular complexity index is 9650. The Kier molecular flexibility index (Phi) is 21.1. The number of anilines is 9. The van der Waals surface area contributed by atoms with Crippen LogP contribution < -0.4 is 28.9 Å². The van der Waals surface area contributed by atoms with Crippen molar-refractivity contribution in [2.45, 2.75) is 14.9 Å². The van der Waals surface area contributed by atoms with Crippen molar-refractivity contribution in [3.63, 3.8) is 0 Å². The summed E-state index contributed by atoms with van der Waals surface area (Å²) >= 11 is 5.62. The van der Waals surface area contributed by atoms with Crippen molar-refractivity contribution in [3.05, 3.63) is 473 Å². The van der Waals surface area contributed by atoms with Crippen LogP contribution in [-0.4, -0.2) is 15.0 Å². The zero-order chi connectivity index (χ0) is 92.7. The van der Waals surface area contributed by atoms with Crippen LogP contribution in [0.3, 0.4) is 0 Å². The summed E-state index contributed by atoms with van der Waals surface area (Å²) in [6.07, 6.45) is 0. The molecule has 3 aliphatic heterocycles. The molecule has 30 rings (SSSR count). The highest BCUT2D eigenvalue weighted by Crippen LogP contribution is 2.59. The first-order chi connectivity index (χ1) is 70.0. The van der Waals surface area contributed by atoms with Crippen LogP contribution >= 0.6 is 34.0 Å². The Morgan fingerprint density at radius 3 is 0.832 bits per heavy atom. The lowest BCUT2D eigenvalue weighted by Crippen LogP contribution is -2.16. The Hall–Kier alpha value is -17.9. The third kappa shape index (κ3) is 14.2. The highest BCUT2D eigenvalue weighted by molar-refractivity contribution is 7.27. The van der Waals surface area contributed by atoms with Crippen LogP contribution in [0.4, 0.5) is 51.2 Å². The molecule has 9 heterocycles. The van der Waals surface area contributed by atoms with Gasteiger partial charge in [-0.3, -0.25) is 0 Å². The third-order valence-corrected chi connectivity index (χ3v) is 31.3. The van der Waals surface area contributed by atoms with Gasteiger partial charge in [-0.2, -0.15) is 0 Å². The highest BCUT2D eigenvalue weighted by atomic mass is 32.1. The summed E-state index contributed by atoms with van der Waals surface area (Å²) in [7, 11) is 0. The van der Waals surface area contributed by atoms with E-state index in [1.807, 2.05) is 107 Å². The van der Waals surface area contributed by atoms with E-state index >= 15 is 0 Å². The van der Waals surface area contributed by atoms with E-state index in [1.54, 1.807) is 0 Å². The molecule has 0 N–H and O–H groups in total. The van der Waals surface area contributed by atoms with Crippen molar-refractivity contribution >= 4 is 211 Å². The van der Waals surface area contributed by atoms with E-state index in [0.717, 1.165) is 158 Å². The molecule has 0 spiro atoms. The standard InChI is InChI=1S/3C43H26N2OS.2CH4/c1-2-14-27(15-3-1)42-32-26-31(43-41(30-18-6-13-25-39(30)47-43)40(32)29-17-4-7-19-33(29)44-42)28-16-5-8-20-34(28)45-35-21-9-11-23-37(35)46-38-24-12-10-22-36(38)45;1-2-13-27(14-3-1)42-33-26-32(43-41(31-18-5-11-24-39(31)47-43)40(33)30-17-4-6-19-34(30)44-42)28-15-12-16-29(25-28)45-35-20-7-9-22-37(35)46-38-23-10-8-21-36(38)45;1-2-12-28(13-3-1)42-33-26-32(43-41(31-15-5-11-21-39(31)47-43)40(33)30-14-4-6-16-34(30)44-42)27-22-24-29(25-23-27)45-35-17-7-9-19-37(35)46-38-20-10-8-18-36(38)45;;/h3*1-26H;2*1H4. The average molecular weight is 1890 g/mol. The largest absolute Gasteiger partial charge is 0.453 e. The number of benzene rings is 21. The summed E-state index contributed by atoms with van der Waals surface area (Å²) in [6.45, 7) is 0. The zero-order valence-corrected chi connectivity index (χ0v) is 78.1. The lowest BCUT2D eigenvalue weighted by Gasteiger charge is -2.34. The SMILES string of the molecule is C.C.c1ccc(-c2nc3ccccc3c3c2cc(-c2ccc(N4c5ccccc5Oc5ccccc54)cc2)c2sc4ccccc4c23)cc1.c1ccc(-c2nc3ccccc3c3c2cc(-c2cccc(N4c5ccccc5Oc5ccccc54)c2)c2sc4ccccc4c23)cc1.c1ccc(-c2nc3ccccc3c3c2cc(-c2ccccc2N2c4ccccc4Oc4ccccc42)c2sc4ccccc4c23)cc1. The van der Waals surface area contributed by atoms with Gasteiger partial charge >= 0.3 is 0 Å². The lowest BCUT2D eigenvalue weighted by atomic mass is 9.91. The fraction of sp³-hybridized carbons (Fsp3) is 0.0153. The van der Waals surface area contributed by atoms with Crippen LogP contribution in [0, 0.1) is 0 Å². The molecule has 0 atom stereocenters. The number of aromatic nitrogens is 3. The number of rotatable bonds is 9. The molecule has 0 amide bonds. The number of nitrogens with zero attached hydrogens (tertiary/aromatic N) is 6. The van der Waals surface area contributed by atoms with Gasteiger partial charge in [-0.1, -0.05) is 330 Å². The highest BCUT2D eigenvalue weighted by Gasteiger charge is 2.33. The predicted octanol–water partition coefficient (Wildman–Crippen LogP) is 39.3. The second-order valence-corrected chi connectivity index (χ2v) is 38.9. The number of hydrogen-bond donors (Lipinski definition) is 0. The van der Waals surface area contributed by atoms with Crippen molar-refractivity contribution in [3.8, 4) is 102 Å². The molecule has 0 fully saturated rings. The Labute approximate surface area is 837 Å². The average Bonchev–Trinajstić information content (AvgIpc) is 1.62. The molecule has 6 aromatic heterocycles. The van der Waals surface area contributed by atoms with Crippen molar-refractivity contribution in [2.24, 2.45) is 0 Å². The maximum Gasteiger partial charge on any atom is 0.151 e. The van der Waals surface area contributed by atoms with Crippen molar-refractivity contribution in [2.75, 3.05) is 14.7 Å². The Balaban J connectivity index is 0.000000109. The van der Waals surface area contributed by atoms with Crippen molar-refractivity contribution < 1.29 is 14.2 Å². The summed E-state index contributed by atoms with van der Waals surface area (Å²) in [4.78, 5) is 22.9. The maximum atomic E-state index is 6.40. The van der Waals surface area contributed by atoms with E-state index in [2.05, 4.69) is 415 Å². The van der Waals surface area contributed by atoms with E-state index in [0.29, 0.717) is 0 Å². The van der Waals surface area contributed by atoms with Gasteiger partial charge in [0.15, 0.2) is 34.5 Å². The fourth-order valence-electron chi connectivity index (χ4n) is 21.5. The number of para-hydroxylation sites is 16. The maximum absolute atomic E-state index is 6.40. The van der Waals surface area contributed by atoms with Gasteiger partial charge in [0.25, 0.3) is 0 Å². The van der Waals surface area contributed by atoms with Crippen LogP contribution in [0.1, 0.15) is 14.9 Å². The second kappa shape index (κ2) is 35.2. The number of hydrogen-bond acceptors (Lipinski definition) is 12. The van der Waals surface area contributed by atoms with Crippen LogP contribution in [-0.2, 0) is 0 Å². The molecule has 21 aromatic carbocycles. The normalized spacial score (nSPS) is 12.2. The first kappa shape index (κ1) is 85.5. The van der Waals surface area contributed by atoms with Crippen LogP contribution in [0.15, 0.2) is 473 Å². The fourth-order valence-corrected chi connectivity index (χ4v) is 25.2. The van der Waals surface area contributed by atoms with Crippen molar-refractivity contribution in [1.82, 2.24) is 15.0 Å². The molecule has 0 radical (unpaired) electrons. The third-order valence-electron chi connectivity index (χ3n) is 27.7. The van der Waals surface area contributed by atoms with Gasteiger partial charge in [0.1, 0.15) is 0 Å². The molecule has 0 saturated heterocycles. The van der Waals surface area contributed by atoms with E-state index in [-0.39, 0.29) is 14.9 Å². The molecule has 0 bridgehead atoms. The van der Waals surface area contributed by atoms with Crippen LogP contribution in [0.2, 0.25) is 0 Å². The summed E-state index contributed by atoms with van der Waals surface area (Å²) < 4.78 is 26.7. The van der Waals surface area contributed by atoms with Gasteiger partial charge in [0, 0.05) is 159 Å². The van der Waals surface area contributed by atoms with Gasteiger partial charge < -0.3 is 28.9 Å². The molecular formula is C131H86N6O3S3. The molecule has 0 unspecified atom stereocenters. The monoisotopic (exact) mass is 1890 g/mol. The quantitative estimate of drug-likeness (QED) is 0.131. The Morgan fingerprint density at radius 2 is 0.455 bits per heavy atom. The Morgan fingerprint density at radius 1 is 0.175 bits per heavy atom. The topological polar surface area (TPSA) is 76.1 Å². The summed E-state index contributed by atoms with van der Waals surface area (Å²) in [5.41, 5.74) is 25.9. The molecule has 676 valence electrons. The summed E-state index contributed by atoms with van der Waals surface area (Å²) in [6, 6.07) is 167. The minimum atomic E-state index is 0. The van der Waals surface area contributed by atoms with E-state index in [4.69, 9.17) is 29.2 Å². The van der Waals surface area contributed by atoms with Crippen molar-refractivity contribution in [1.29, 1.82) is 0 Å². The van der Waals surface area contributed by atoms with Gasteiger partial charge in [0.2, 0.25) is 0 Å². The minimum absolute atomic E-state index is 0. The van der Waals surface area contributed by atoms with Crippen LogP contribution in [0.5, 0.6) is 34.5 Å². The molecule has 27 aromatic rings. The number of ether oxygens (including phenoxy) is 3. The van der Waals surface area contributed by atoms with Gasteiger partial charge in [-0.25, -0.2) is 15.0 Å². The summed E-state index contributed by atoms with van der Waals surface area (Å²) in [5.74, 6) is 5.08. The van der Waals surface area contributed by atoms with Gasteiger partial charge in [0.05, 0.1) is 73.4 Å². The van der Waals surface area contributed by atoms with Gasteiger partial charge in [-0.15, -0.1) is 34.0 Å². The molecule has 12 heteroatoms. The number of thiophene rings is 3.